The third-order valence-corrected chi connectivity index (χ3v) is 2.04. The molecule has 0 unspecified atom stereocenters. The van der Waals surface area contributed by atoms with Crippen molar-refractivity contribution >= 4 is 18.0 Å². The first kappa shape index (κ1) is 11.8. The SMILES string of the molecule is O=CNCc1ccc(C(F)(F)F)c(Cl)c1. The van der Waals surface area contributed by atoms with E-state index >= 15 is 0 Å². The second kappa shape index (κ2) is 4.53. The van der Waals surface area contributed by atoms with Gasteiger partial charge in [0.05, 0.1) is 10.6 Å². The molecule has 0 atom stereocenters. The first-order chi connectivity index (χ1) is 6.95. The highest BCUT2D eigenvalue weighted by Gasteiger charge is 2.32. The van der Waals surface area contributed by atoms with Crippen LogP contribution in [0.2, 0.25) is 5.02 Å². The number of carbonyl (C=O) groups is 1. The number of hydrogen-bond donors (Lipinski definition) is 1. The van der Waals surface area contributed by atoms with E-state index in [-0.39, 0.29) is 11.6 Å². The van der Waals surface area contributed by atoms with E-state index in [0.717, 1.165) is 6.07 Å². The Morgan fingerprint density at radius 2 is 2.07 bits per heavy atom. The molecule has 0 aliphatic carbocycles. The molecule has 0 fully saturated rings. The Hall–Kier alpha value is -1.23. The van der Waals surface area contributed by atoms with Crippen LogP contribution in [0.4, 0.5) is 13.2 Å². The lowest BCUT2D eigenvalue weighted by Gasteiger charge is -2.09. The lowest BCUT2D eigenvalue weighted by molar-refractivity contribution is -0.137. The summed E-state index contributed by atoms with van der Waals surface area (Å²) in [6, 6.07) is 3.34. The Labute approximate surface area is 89.0 Å². The topological polar surface area (TPSA) is 29.1 Å². The van der Waals surface area contributed by atoms with Crippen molar-refractivity contribution in [3.63, 3.8) is 0 Å². The summed E-state index contributed by atoms with van der Waals surface area (Å²) >= 11 is 5.46. The Balaban J connectivity index is 2.93. The van der Waals surface area contributed by atoms with E-state index in [9.17, 15) is 18.0 Å². The standard InChI is InChI=1S/C9H7ClF3NO/c10-8-3-6(4-14-5-15)1-2-7(8)9(11,12)13/h1-3,5H,4H2,(H,14,15). The minimum Gasteiger partial charge on any atom is -0.355 e. The third kappa shape index (κ3) is 3.13. The molecule has 82 valence electrons. The summed E-state index contributed by atoms with van der Waals surface area (Å²) in [5, 5.41) is 1.96. The Kier molecular flexibility index (Phi) is 3.57. The van der Waals surface area contributed by atoms with Gasteiger partial charge in [0.15, 0.2) is 0 Å². The number of benzene rings is 1. The van der Waals surface area contributed by atoms with E-state index in [0.29, 0.717) is 12.0 Å². The quantitative estimate of drug-likeness (QED) is 0.805. The van der Waals surface area contributed by atoms with Gasteiger partial charge in [-0.3, -0.25) is 4.79 Å². The molecule has 1 rings (SSSR count). The molecular weight excluding hydrogens is 231 g/mol. The third-order valence-electron chi connectivity index (χ3n) is 1.73. The minimum absolute atomic E-state index is 0.154. The van der Waals surface area contributed by atoms with Gasteiger partial charge in [-0.05, 0) is 17.7 Å². The number of rotatable bonds is 3. The molecule has 1 amide bonds. The molecule has 1 aromatic rings. The zero-order valence-corrected chi connectivity index (χ0v) is 8.19. The first-order valence-corrected chi connectivity index (χ1v) is 4.35. The number of carbonyl (C=O) groups excluding carboxylic acids is 1. The molecule has 1 N–H and O–H groups in total. The van der Waals surface area contributed by atoms with Crippen molar-refractivity contribution in [3.05, 3.63) is 34.3 Å². The minimum atomic E-state index is -4.45. The average molecular weight is 238 g/mol. The van der Waals surface area contributed by atoms with E-state index < -0.39 is 11.7 Å². The van der Waals surface area contributed by atoms with Gasteiger partial charge < -0.3 is 5.32 Å². The highest BCUT2D eigenvalue weighted by atomic mass is 35.5. The number of nitrogens with one attached hydrogen (secondary N) is 1. The number of hydrogen-bond acceptors (Lipinski definition) is 1. The van der Waals surface area contributed by atoms with Gasteiger partial charge in [-0.1, -0.05) is 17.7 Å². The van der Waals surface area contributed by atoms with Crippen molar-refractivity contribution in [3.8, 4) is 0 Å². The fourth-order valence-electron chi connectivity index (χ4n) is 1.06. The molecule has 0 aromatic heterocycles. The van der Waals surface area contributed by atoms with Crippen molar-refractivity contribution in [2.45, 2.75) is 12.7 Å². The maximum Gasteiger partial charge on any atom is 0.417 e. The van der Waals surface area contributed by atoms with Crippen LogP contribution in [0.1, 0.15) is 11.1 Å². The van der Waals surface area contributed by atoms with E-state index in [2.05, 4.69) is 5.32 Å². The Morgan fingerprint density at radius 3 is 2.53 bits per heavy atom. The van der Waals surface area contributed by atoms with Crippen molar-refractivity contribution < 1.29 is 18.0 Å². The van der Waals surface area contributed by atoms with Crippen LogP contribution in [0.5, 0.6) is 0 Å². The largest absolute Gasteiger partial charge is 0.417 e. The molecule has 1 aromatic carbocycles. The maximum absolute atomic E-state index is 12.3. The molecule has 0 aliphatic rings. The van der Waals surface area contributed by atoms with Gasteiger partial charge in [0.1, 0.15) is 0 Å². The van der Waals surface area contributed by atoms with Crippen LogP contribution in [0.15, 0.2) is 18.2 Å². The second-order valence-corrected chi connectivity index (χ2v) is 3.22. The summed E-state index contributed by atoms with van der Waals surface area (Å²) in [4.78, 5) is 9.97. The van der Waals surface area contributed by atoms with E-state index in [4.69, 9.17) is 11.6 Å². The molecule has 0 saturated heterocycles. The fraction of sp³-hybridized carbons (Fsp3) is 0.222. The summed E-state index contributed by atoms with van der Waals surface area (Å²) in [7, 11) is 0. The summed E-state index contributed by atoms with van der Waals surface area (Å²) in [5.41, 5.74) is -0.362. The Bertz CT molecular complexity index is 365. The van der Waals surface area contributed by atoms with Crippen LogP contribution in [-0.2, 0) is 17.5 Å². The first-order valence-electron chi connectivity index (χ1n) is 3.98. The fourth-order valence-corrected chi connectivity index (χ4v) is 1.37. The summed E-state index contributed by atoms with van der Waals surface area (Å²) < 4.78 is 36.8. The van der Waals surface area contributed by atoms with Gasteiger partial charge in [0, 0.05) is 6.54 Å². The molecule has 0 spiro atoms. The lowest BCUT2D eigenvalue weighted by Crippen LogP contribution is -2.11. The zero-order chi connectivity index (χ0) is 11.5. The van der Waals surface area contributed by atoms with Crippen molar-refractivity contribution in [2.75, 3.05) is 0 Å². The number of amides is 1. The van der Waals surface area contributed by atoms with Crippen LogP contribution in [0, 0.1) is 0 Å². The van der Waals surface area contributed by atoms with Gasteiger partial charge in [0.2, 0.25) is 6.41 Å². The Morgan fingerprint density at radius 1 is 1.40 bits per heavy atom. The molecule has 0 heterocycles. The molecule has 15 heavy (non-hydrogen) atoms. The predicted molar refractivity (Wildman–Crippen MR) is 49.4 cm³/mol. The van der Waals surface area contributed by atoms with Crippen LogP contribution in [-0.4, -0.2) is 6.41 Å². The molecule has 2 nitrogen and oxygen atoms in total. The van der Waals surface area contributed by atoms with Crippen LogP contribution in [0.3, 0.4) is 0 Å². The molecule has 0 bridgehead atoms. The number of alkyl halides is 3. The highest BCUT2D eigenvalue weighted by molar-refractivity contribution is 6.31. The normalized spacial score (nSPS) is 11.2. The molecule has 0 aliphatic heterocycles. The molecule has 0 saturated carbocycles. The highest BCUT2D eigenvalue weighted by Crippen LogP contribution is 2.34. The van der Waals surface area contributed by atoms with Crippen molar-refractivity contribution in [1.82, 2.24) is 5.32 Å². The van der Waals surface area contributed by atoms with Crippen LogP contribution >= 0.6 is 11.6 Å². The van der Waals surface area contributed by atoms with Gasteiger partial charge in [-0.2, -0.15) is 13.2 Å². The van der Waals surface area contributed by atoms with Crippen LogP contribution in [0.25, 0.3) is 0 Å². The van der Waals surface area contributed by atoms with Crippen LogP contribution < -0.4 is 5.32 Å². The zero-order valence-electron chi connectivity index (χ0n) is 7.44. The molecular formula is C9H7ClF3NO. The summed E-state index contributed by atoms with van der Waals surface area (Å²) in [5.74, 6) is 0. The smallest absolute Gasteiger partial charge is 0.355 e. The average Bonchev–Trinajstić information content (AvgIpc) is 2.12. The maximum atomic E-state index is 12.3. The van der Waals surface area contributed by atoms with Crippen molar-refractivity contribution in [1.29, 1.82) is 0 Å². The van der Waals surface area contributed by atoms with Crippen molar-refractivity contribution in [2.24, 2.45) is 0 Å². The number of halogens is 4. The van der Waals surface area contributed by atoms with Gasteiger partial charge in [-0.15, -0.1) is 0 Å². The van der Waals surface area contributed by atoms with Gasteiger partial charge >= 0.3 is 6.18 Å². The van der Waals surface area contributed by atoms with E-state index in [1.165, 1.54) is 12.1 Å². The monoisotopic (exact) mass is 237 g/mol. The molecule has 6 heteroatoms. The summed E-state index contributed by atoms with van der Waals surface area (Å²) in [6.07, 6.45) is -3.99. The predicted octanol–water partition coefficient (Wildman–Crippen LogP) is 2.60. The second-order valence-electron chi connectivity index (χ2n) is 2.81. The van der Waals surface area contributed by atoms with Gasteiger partial charge in [0.25, 0.3) is 0 Å². The van der Waals surface area contributed by atoms with E-state index in [1.54, 1.807) is 0 Å². The molecule has 0 radical (unpaired) electrons. The van der Waals surface area contributed by atoms with E-state index in [1.807, 2.05) is 0 Å². The summed E-state index contributed by atoms with van der Waals surface area (Å²) in [6.45, 7) is 0.154. The van der Waals surface area contributed by atoms with Gasteiger partial charge in [-0.25, -0.2) is 0 Å². The lowest BCUT2D eigenvalue weighted by atomic mass is 10.1.